The quantitative estimate of drug-likeness (QED) is 0.711. The fourth-order valence-corrected chi connectivity index (χ4v) is 3.06. The van der Waals surface area contributed by atoms with E-state index in [1.807, 2.05) is 0 Å². The van der Waals surface area contributed by atoms with Gasteiger partial charge in [0.05, 0.1) is 19.0 Å². The first-order chi connectivity index (χ1) is 12.7. The number of ether oxygens (including phenoxy) is 1. The number of carboxylic acid groups (broad SMARTS) is 1. The molecular formula is C16H18N4O6S. The largest absolute Gasteiger partial charge is 0.492 e. The van der Waals surface area contributed by atoms with Crippen molar-refractivity contribution in [2.24, 2.45) is 0 Å². The number of carbonyl (C=O) groups excluding carboxylic acids is 1. The normalized spacial score (nSPS) is 11.3. The number of hydrogen-bond donors (Lipinski definition) is 2. The topological polar surface area (TPSA) is 139 Å². The van der Waals surface area contributed by atoms with E-state index < -0.39 is 21.9 Å². The smallest absolute Gasteiger partial charge is 0.356 e. The summed E-state index contributed by atoms with van der Waals surface area (Å²) in [5, 5.41) is 11.3. The second-order valence-corrected chi connectivity index (χ2v) is 7.55. The van der Waals surface area contributed by atoms with Crippen LogP contribution in [0.3, 0.4) is 0 Å². The molecule has 0 aliphatic carbocycles. The van der Waals surface area contributed by atoms with Crippen molar-refractivity contribution < 1.29 is 27.9 Å². The monoisotopic (exact) mass is 394 g/mol. The molecule has 11 heteroatoms. The number of aromatic nitrogens is 2. The van der Waals surface area contributed by atoms with Crippen molar-refractivity contribution in [1.82, 2.24) is 14.3 Å². The van der Waals surface area contributed by atoms with Crippen LogP contribution in [0.25, 0.3) is 0 Å². The first kappa shape index (κ1) is 20.3. The van der Waals surface area contributed by atoms with Crippen LogP contribution in [0.1, 0.15) is 27.9 Å². The van der Waals surface area contributed by atoms with Gasteiger partial charge < -0.3 is 15.2 Å². The van der Waals surface area contributed by atoms with Gasteiger partial charge in [-0.2, -0.15) is 0 Å². The molecule has 0 aliphatic heterocycles. The Hall–Kier alpha value is -3.05. The summed E-state index contributed by atoms with van der Waals surface area (Å²) in [6.45, 7) is 1.99. The third-order valence-corrected chi connectivity index (χ3v) is 5.20. The zero-order valence-corrected chi connectivity index (χ0v) is 15.6. The van der Waals surface area contributed by atoms with Crippen molar-refractivity contribution in [3.05, 3.63) is 42.0 Å². The summed E-state index contributed by atoms with van der Waals surface area (Å²) < 4.78 is 31.4. The molecule has 0 fully saturated rings. The van der Waals surface area contributed by atoms with Crippen molar-refractivity contribution in [3.8, 4) is 5.75 Å². The fourth-order valence-electron chi connectivity index (χ4n) is 2.01. The molecule has 27 heavy (non-hydrogen) atoms. The minimum Gasteiger partial charge on any atom is -0.492 e. The standard InChI is InChI=1S/C16H18N4O6S/c1-4-26-13-6-5-10(7-14(13)27(24,25)20(2)3)19-15(21)11-8-18-12(9-17-11)16(22)23/h5-9H,4H2,1-3H3,(H,19,21)(H,22,23). The maximum Gasteiger partial charge on any atom is 0.356 e. The molecule has 0 unspecified atom stereocenters. The van der Waals surface area contributed by atoms with E-state index in [9.17, 15) is 18.0 Å². The number of hydrogen-bond acceptors (Lipinski definition) is 7. The predicted molar refractivity (Wildman–Crippen MR) is 95.4 cm³/mol. The van der Waals surface area contributed by atoms with Crippen LogP contribution in [0.2, 0.25) is 0 Å². The predicted octanol–water partition coefficient (Wildman–Crippen LogP) is 1.08. The summed E-state index contributed by atoms with van der Waals surface area (Å²) in [6.07, 6.45) is 1.97. The van der Waals surface area contributed by atoms with Gasteiger partial charge in [-0.3, -0.25) is 4.79 Å². The maximum absolute atomic E-state index is 12.5. The Bertz CT molecular complexity index is 957. The molecule has 0 saturated heterocycles. The van der Waals surface area contributed by atoms with E-state index in [0.29, 0.717) is 0 Å². The number of rotatable bonds is 7. The zero-order chi connectivity index (χ0) is 20.2. The lowest BCUT2D eigenvalue weighted by Gasteiger charge is -2.16. The minimum atomic E-state index is -3.80. The molecule has 1 heterocycles. The number of benzene rings is 1. The highest BCUT2D eigenvalue weighted by atomic mass is 32.2. The van der Waals surface area contributed by atoms with Gasteiger partial charge in [0.1, 0.15) is 16.3 Å². The Labute approximate surface area is 155 Å². The molecule has 2 rings (SSSR count). The molecule has 2 aromatic rings. The van der Waals surface area contributed by atoms with Crippen LogP contribution >= 0.6 is 0 Å². The fraction of sp³-hybridized carbons (Fsp3) is 0.250. The number of aromatic carboxylic acids is 1. The third kappa shape index (κ3) is 4.57. The summed E-state index contributed by atoms with van der Waals surface area (Å²) in [6, 6.07) is 4.20. The highest BCUT2D eigenvalue weighted by Gasteiger charge is 2.23. The Morgan fingerprint density at radius 3 is 2.33 bits per heavy atom. The summed E-state index contributed by atoms with van der Waals surface area (Å²) in [7, 11) is -1.03. The van der Waals surface area contributed by atoms with Gasteiger partial charge in [-0.15, -0.1) is 0 Å². The highest BCUT2D eigenvalue weighted by Crippen LogP contribution is 2.29. The number of nitrogens with zero attached hydrogens (tertiary/aromatic N) is 3. The molecule has 0 bridgehead atoms. The van der Waals surface area contributed by atoms with Gasteiger partial charge in [-0.05, 0) is 25.1 Å². The molecule has 1 amide bonds. The molecule has 0 aliphatic rings. The van der Waals surface area contributed by atoms with E-state index in [0.717, 1.165) is 16.7 Å². The van der Waals surface area contributed by atoms with Crippen LogP contribution in [-0.2, 0) is 10.0 Å². The minimum absolute atomic E-state index is 0.0977. The van der Waals surface area contributed by atoms with Crippen molar-refractivity contribution in [1.29, 1.82) is 0 Å². The van der Waals surface area contributed by atoms with Gasteiger partial charge >= 0.3 is 5.97 Å². The number of carbonyl (C=O) groups is 2. The Kier molecular flexibility index (Phi) is 6.08. The SMILES string of the molecule is CCOc1ccc(NC(=O)c2cnc(C(=O)O)cn2)cc1S(=O)(=O)N(C)C. The second kappa shape index (κ2) is 8.10. The van der Waals surface area contributed by atoms with Crippen molar-refractivity contribution in [2.45, 2.75) is 11.8 Å². The molecule has 10 nitrogen and oxygen atoms in total. The van der Waals surface area contributed by atoms with Crippen molar-refractivity contribution >= 4 is 27.6 Å². The van der Waals surface area contributed by atoms with E-state index in [-0.39, 0.29) is 34.3 Å². The highest BCUT2D eigenvalue weighted by molar-refractivity contribution is 7.89. The van der Waals surface area contributed by atoms with E-state index in [2.05, 4.69) is 15.3 Å². The third-order valence-electron chi connectivity index (χ3n) is 3.36. The Morgan fingerprint density at radius 2 is 1.81 bits per heavy atom. The lowest BCUT2D eigenvalue weighted by atomic mass is 10.3. The molecule has 0 radical (unpaired) electrons. The van der Waals surface area contributed by atoms with Gasteiger partial charge in [0.25, 0.3) is 5.91 Å². The van der Waals surface area contributed by atoms with Gasteiger partial charge in [-0.25, -0.2) is 27.5 Å². The number of nitrogens with one attached hydrogen (secondary N) is 1. The van der Waals surface area contributed by atoms with Crippen molar-refractivity contribution in [2.75, 3.05) is 26.0 Å². The number of sulfonamides is 1. The molecule has 0 atom stereocenters. The van der Waals surface area contributed by atoms with Gasteiger partial charge in [0, 0.05) is 19.8 Å². The van der Waals surface area contributed by atoms with Crippen LogP contribution in [0.15, 0.2) is 35.5 Å². The average molecular weight is 394 g/mol. The van der Waals surface area contributed by atoms with Crippen LogP contribution < -0.4 is 10.1 Å². The Morgan fingerprint density at radius 1 is 1.19 bits per heavy atom. The van der Waals surface area contributed by atoms with Gasteiger partial charge in [0.15, 0.2) is 5.69 Å². The zero-order valence-electron chi connectivity index (χ0n) is 14.8. The molecule has 1 aromatic heterocycles. The van der Waals surface area contributed by atoms with Gasteiger partial charge in [-0.1, -0.05) is 0 Å². The van der Waals surface area contributed by atoms with Crippen LogP contribution in [0.5, 0.6) is 5.75 Å². The first-order valence-electron chi connectivity index (χ1n) is 7.73. The first-order valence-corrected chi connectivity index (χ1v) is 9.17. The summed E-state index contributed by atoms with van der Waals surface area (Å²) in [5.41, 5.74) is -0.217. The Balaban J connectivity index is 2.33. The summed E-state index contributed by atoms with van der Waals surface area (Å²) in [4.78, 5) is 30.3. The average Bonchev–Trinajstić information content (AvgIpc) is 2.63. The molecular weight excluding hydrogens is 376 g/mol. The van der Waals surface area contributed by atoms with Crippen LogP contribution in [-0.4, -0.2) is 60.4 Å². The maximum atomic E-state index is 12.5. The number of carboxylic acids is 1. The van der Waals surface area contributed by atoms with Crippen molar-refractivity contribution in [3.63, 3.8) is 0 Å². The van der Waals surface area contributed by atoms with E-state index in [1.165, 1.54) is 32.3 Å². The molecule has 0 saturated carbocycles. The molecule has 1 aromatic carbocycles. The molecule has 0 spiro atoms. The lowest BCUT2D eigenvalue weighted by molar-refractivity contribution is 0.0689. The van der Waals surface area contributed by atoms with E-state index in [1.54, 1.807) is 6.92 Å². The van der Waals surface area contributed by atoms with E-state index >= 15 is 0 Å². The van der Waals surface area contributed by atoms with Crippen LogP contribution in [0.4, 0.5) is 5.69 Å². The van der Waals surface area contributed by atoms with Crippen LogP contribution in [0, 0.1) is 0 Å². The number of anilines is 1. The lowest BCUT2D eigenvalue weighted by Crippen LogP contribution is -2.23. The number of amides is 1. The van der Waals surface area contributed by atoms with Gasteiger partial charge in [0.2, 0.25) is 10.0 Å². The van der Waals surface area contributed by atoms with E-state index in [4.69, 9.17) is 9.84 Å². The summed E-state index contributed by atoms with van der Waals surface area (Å²) in [5.74, 6) is -1.77. The molecule has 144 valence electrons. The second-order valence-electron chi connectivity index (χ2n) is 5.43. The molecule has 2 N–H and O–H groups in total. The summed E-state index contributed by atoms with van der Waals surface area (Å²) >= 11 is 0.